The van der Waals surface area contributed by atoms with Gasteiger partial charge in [-0.3, -0.25) is 0 Å². The van der Waals surface area contributed by atoms with Crippen LogP contribution in [0.2, 0.25) is 0 Å². The number of ether oxygens (including phenoxy) is 1. The van der Waals surface area contributed by atoms with E-state index in [0.717, 1.165) is 42.5 Å². The Morgan fingerprint density at radius 3 is 2.04 bits per heavy atom. The minimum atomic E-state index is 0.841. The Hall–Kier alpha value is -2.37. The Morgan fingerprint density at radius 1 is 0.786 bits per heavy atom. The molecule has 1 aromatic heterocycles. The summed E-state index contributed by atoms with van der Waals surface area (Å²) in [6, 6.07) is 20.9. The molecule has 0 fully saturated rings. The molecule has 0 aliphatic carbocycles. The molecule has 0 atom stereocenters. The summed E-state index contributed by atoms with van der Waals surface area (Å²) in [6.07, 6.45) is 0. The molecule has 138 valence electrons. The minimum Gasteiger partial charge on any atom is -0.497 e. The van der Waals surface area contributed by atoms with Gasteiger partial charge in [0.15, 0.2) is 0 Å². The Kier molecular flexibility index (Phi) is 4.18. The van der Waals surface area contributed by atoms with Gasteiger partial charge in [0.05, 0.1) is 18.1 Å². The molecule has 5 aromatic rings. The van der Waals surface area contributed by atoms with Crippen LogP contribution in [0.1, 0.15) is 0 Å². The number of aromatic nitrogens is 2. The second-order valence-electron chi connectivity index (χ2n) is 6.80. The summed E-state index contributed by atoms with van der Waals surface area (Å²) in [6.45, 7) is 0. The van der Waals surface area contributed by atoms with E-state index in [1.165, 1.54) is 16.2 Å². The van der Waals surface area contributed by atoms with E-state index in [4.69, 9.17) is 9.72 Å². The van der Waals surface area contributed by atoms with Crippen LogP contribution in [0.25, 0.3) is 44.0 Å². The first-order chi connectivity index (χ1) is 13.6. The van der Waals surface area contributed by atoms with Gasteiger partial charge in [-0.2, -0.15) is 0 Å². The first-order valence-corrected chi connectivity index (χ1v) is 10.5. The van der Waals surface area contributed by atoms with E-state index in [0.29, 0.717) is 0 Å². The fourth-order valence-corrected chi connectivity index (χ4v) is 4.61. The second-order valence-corrected chi connectivity index (χ2v) is 8.63. The van der Waals surface area contributed by atoms with E-state index in [9.17, 15) is 0 Å². The number of methoxy groups -OCH3 is 1. The third-order valence-corrected chi connectivity index (χ3v) is 6.19. The van der Waals surface area contributed by atoms with E-state index in [1.54, 1.807) is 7.11 Å². The third kappa shape index (κ3) is 2.65. The van der Waals surface area contributed by atoms with Crippen molar-refractivity contribution in [2.24, 2.45) is 7.05 Å². The molecule has 0 bridgehead atoms. The number of hydrogen-bond donors (Lipinski definition) is 0. The zero-order valence-electron chi connectivity index (χ0n) is 15.3. The number of rotatable bonds is 2. The predicted molar refractivity (Wildman–Crippen MR) is 123 cm³/mol. The number of nitrogens with zero attached hydrogens (tertiary/aromatic N) is 2. The third-order valence-electron chi connectivity index (χ3n) is 5.21. The summed E-state index contributed by atoms with van der Waals surface area (Å²) in [7, 11) is 3.76. The van der Waals surface area contributed by atoms with E-state index in [-0.39, 0.29) is 0 Å². The van der Waals surface area contributed by atoms with Crippen molar-refractivity contribution in [1.29, 1.82) is 0 Å². The maximum atomic E-state index is 5.30. The molecule has 4 aromatic carbocycles. The van der Waals surface area contributed by atoms with Gasteiger partial charge >= 0.3 is 0 Å². The molecule has 0 saturated carbocycles. The van der Waals surface area contributed by atoms with Crippen molar-refractivity contribution >= 4 is 64.4 Å². The zero-order valence-corrected chi connectivity index (χ0v) is 18.5. The number of fused-ring (bicyclic) bond motifs is 6. The summed E-state index contributed by atoms with van der Waals surface area (Å²) < 4.78 is 9.61. The molecular weight excluding hydrogens is 480 g/mol. The van der Waals surface area contributed by atoms with Crippen molar-refractivity contribution in [3.05, 3.63) is 69.6 Å². The smallest absolute Gasteiger partial charge is 0.140 e. The Morgan fingerprint density at radius 2 is 1.39 bits per heavy atom. The van der Waals surface area contributed by atoms with Crippen LogP contribution in [0.4, 0.5) is 0 Å². The maximum absolute atomic E-state index is 5.30. The first kappa shape index (κ1) is 17.7. The fourth-order valence-electron chi connectivity index (χ4n) is 3.88. The molecule has 28 heavy (non-hydrogen) atoms. The van der Waals surface area contributed by atoms with E-state index < -0.39 is 0 Å². The van der Waals surface area contributed by atoms with Crippen LogP contribution in [0.5, 0.6) is 5.75 Å². The van der Waals surface area contributed by atoms with Crippen LogP contribution in [0.3, 0.4) is 0 Å². The number of halogens is 2. The lowest BCUT2D eigenvalue weighted by Crippen LogP contribution is -1.93. The second kappa shape index (κ2) is 6.61. The van der Waals surface area contributed by atoms with Crippen LogP contribution in [0, 0.1) is 0 Å². The highest BCUT2D eigenvalue weighted by Gasteiger charge is 2.17. The Bertz CT molecular complexity index is 1370. The molecule has 5 rings (SSSR count). The lowest BCUT2D eigenvalue weighted by Gasteiger charge is -2.09. The summed E-state index contributed by atoms with van der Waals surface area (Å²) in [4.78, 5) is 5.06. The number of imidazole rings is 1. The average Bonchev–Trinajstić information content (AvgIpc) is 3.05. The van der Waals surface area contributed by atoms with Crippen molar-refractivity contribution in [3.63, 3.8) is 0 Å². The van der Waals surface area contributed by atoms with Gasteiger partial charge in [0, 0.05) is 32.3 Å². The predicted octanol–water partition coefficient (Wildman–Crippen LogP) is 7.08. The normalized spacial score (nSPS) is 11.6. The molecule has 0 spiro atoms. The number of hydrogen-bond acceptors (Lipinski definition) is 2. The van der Waals surface area contributed by atoms with Crippen molar-refractivity contribution in [3.8, 4) is 17.1 Å². The highest BCUT2D eigenvalue weighted by Crippen LogP contribution is 2.39. The summed E-state index contributed by atoms with van der Waals surface area (Å²) in [5.74, 6) is 1.78. The van der Waals surface area contributed by atoms with Crippen LogP contribution >= 0.6 is 31.9 Å². The minimum absolute atomic E-state index is 0.841. The average molecular weight is 496 g/mol. The molecule has 0 N–H and O–H groups in total. The molecule has 1 heterocycles. The molecule has 0 unspecified atom stereocenters. The van der Waals surface area contributed by atoms with Crippen molar-refractivity contribution in [2.75, 3.05) is 7.11 Å². The van der Waals surface area contributed by atoms with E-state index >= 15 is 0 Å². The summed E-state index contributed by atoms with van der Waals surface area (Å²) in [5, 5.41) is 4.75. The largest absolute Gasteiger partial charge is 0.497 e. The molecule has 0 amide bonds. The standard InChI is InChI=1S/C23H16Br2N2O/c1-27-22-18-10-6-15(25)12-20(18)19-11-14(24)5-9-17(19)21(22)26-23(27)13-3-7-16(28-2)8-4-13/h3-12H,1-2H3. The van der Waals surface area contributed by atoms with Gasteiger partial charge in [-0.15, -0.1) is 0 Å². The molecule has 5 heteroatoms. The van der Waals surface area contributed by atoms with Gasteiger partial charge < -0.3 is 9.30 Å². The van der Waals surface area contributed by atoms with Crippen molar-refractivity contribution in [1.82, 2.24) is 9.55 Å². The van der Waals surface area contributed by atoms with E-state index in [1.807, 2.05) is 12.1 Å². The Balaban J connectivity index is 1.93. The van der Waals surface area contributed by atoms with Crippen molar-refractivity contribution in [2.45, 2.75) is 0 Å². The zero-order chi connectivity index (χ0) is 19.4. The van der Waals surface area contributed by atoms with Crippen LogP contribution in [-0.4, -0.2) is 16.7 Å². The highest BCUT2D eigenvalue weighted by molar-refractivity contribution is 9.10. The van der Waals surface area contributed by atoms with Gasteiger partial charge in [0.1, 0.15) is 11.6 Å². The molecule has 3 nitrogen and oxygen atoms in total. The first-order valence-electron chi connectivity index (χ1n) is 8.88. The van der Waals surface area contributed by atoms with Gasteiger partial charge in [-0.05, 0) is 59.3 Å². The van der Waals surface area contributed by atoms with Gasteiger partial charge in [0.25, 0.3) is 0 Å². The Labute approximate surface area is 179 Å². The molecule has 0 aliphatic rings. The molecule has 0 saturated heterocycles. The lowest BCUT2D eigenvalue weighted by molar-refractivity contribution is 0.415. The van der Waals surface area contributed by atoms with Crippen molar-refractivity contribution < 1.29 is 4.74 Å². The highest BCUT2D eigenvalue weighted by atomic mass is 79.9. The molecule has 0 radical (unpaired) electrons. The number of aryl methyl sites for hydroxylation is 1. The monoisotopic (exact) mass is 494 g/mol. The quantitative estimate of drug-likeness (QED) is 0.244. The van der Waals surface area contributed by atoms with Gasteiger partial charge in [0.2, 0.25) is 0 Å². The number of benzene rings is 4. The van der Waals surface area contributed by atoms with Gasteiger partial charge in [-0.25, -0.2) is 4.98 Å². The summed E-state index contributed by atoms with van der Waals surface area (Å²) >= 11 is 7.25. The van der Waals surface area contributed by atoms with Crippen LogP contribution in [-0.2, 0) is 7.05 Å². The van der Waals surface area contributed by atoms with Crippen LogP contribution in [0.15, 0.2) is 69.6 Å². The SMILES string of the molecule is COc1ccc(-c2nc3c4ccc(Br)cc4c4cc(Br)ccc4c3n2C)cc1. The van der Waals surface area contributed by atoms with E-state index in [2.05, 4.69) is 92.0 Å². The topological polar surface area (TPSA) is 27.1 Å². The fraction of sp³-hybridized carbons (Fsp3) is 0.0870. The molecular formula is C23H16Br2N2O. The lowest BCUT2D eigenvalue weighted by atomic mass is 10.00. The molecule has 0 aliphatic heterocycles. The summed E-state index contributed by atoms with van der Waals surface area (Å²) in [5.41, 5.74) is 3.23. The van der Waals surface area contributed by atoms with Gasteiger partial charge in [-0.1, -0.05) is 44.0 Å². The maximum Gasteiger partial charge on any atom is 0.140 e. The van der Waals surface area contributed by atoms with Crippen LogP contribution < -0.4 is 4.74 Å².